The molecular weight excluding hydrogens is 496 g/mol. The van der Waals surface area contributed by atoms with Crippen LogP contribution in [0.15, 0.2) is 65.8 Å². The lowest BCUT2D eigenvalue weighted by Gasteiger charge is -2.28. The van der Waals surface area contributed by atoms with Gasteiger partial charge in [-0.15, -0.1) is 0 Å². The van der Waals surface area contributed by atoms with Crippen LogP contribution in [0.25, 0.3) is 10.2 Å². The Morgan fingerprint density at radius 3 is 2.66 bits per heavy atom. The van der Waals surface area contributed by atoms with Gasteiger partial charge in [0.05, 0.1) is 16.1 Å². The maximum atomic E-state index is 14.3. The van der Waals surface area contributed by atoms with Crippen molar-refractivity contribution in [1.29, 1.82) is 0 Å². The van der Waals surface area contributed by atoms with Crippen molar-refractivity contribution in [3.63, 3.8) is 0 Å². The van der Waals surface area contributed by atoms with Crippen molar-refractivity contribution in [1.82, 2.24) is 19.1 Å². The molecular formula is C23H21F2N5O3S2. The van der Waals surface area contributed by atoms with Crippen molar-refractivity contribution in [3.05, 3.63) is 72.6 Å². The van der Waals surface area contributed by atoms with Crippen molar-refractivity contribution in [2.45, 2.75) is 30.3 Å². The number of nitrogens with zero attached hydrogens (tertiary/aromatic N) is 5. The second kappa shape index (κ2) is 9.44. The van der Waals surface area contributed by atoms with Crippen LogP contribution in [0, 0.1) is 11.6 Å². The van der Waals surface area contributed by atoms with Gasteiger partial charge in [0, 0.05) is 25.5 Å². The third kappa shape index (κ3) is 4.56. The molecule has 1 atom stereocenters. The second-order valence-corrected chi connectivity index (χ2v) is 11.0. The molecule has 5 rings (SSSR count). The molecule has 1 fully saturated rings. The lowest BCUT2D eigenvalue weighted by atomic mass is 10.2. The molecule has 0 aliphatic carbocycles. The molecule has 1 unspecified atom stereocenters. The van der Waals surface area contributed by atoms with E-state index in [1.807, 2.05) is 0 Å². The number of carbonyl (C=O) groups is 1. The molecule has 0 N–H and O–H groups in total. The molecule has 182 valence electrons. The number of anilines is 1. The van der Waals surface area contributed by atoms with Gasteiger partial charge >= 0.3 is 0 Å². The van der Waals surface area contributed by atoms with E-state index in [-0.39, 0.29) is 28.6 Å². The minimum atomic E-state index is -4.03. The SMILES string of the molecule is O=C(C1CCCN1S(=O)(=O)c1ccc(F)cc1)N(CCn1cccn1)c1nc2c(F)cccc2s1. The Hall–Kier alpha value is -3.22. The number of aromatic nitrogens is 3. The molecule has 35 heavy (non-hydrogen) atoms. The average molecular weight is 518 g/mol. The van der Waals surface area contributed by atoms with E-state index in [4.69, 9.17) is 0 Å². The van der Waals surface area contributed by atoms with Gasteiger partial charge in [-0.25, -0.2) is 22.2 Å². The first kappa shape index (κ1) is 23.5. The van der Waals surface area contributed by atoms with Crippen LogP contribution in [-0.2, 0) is 21.4 Å². The highest BCUT2D eigenvalue weighted by Gasteiger charge is 2.42. The van der Waals surface area contributed by atoms with Crippen molar-refractivity contribution in [2.24, 2.45) is 0 Å². The van der Waals surface area contributed by atoms with Crippen LogP contribution in [-0.4, -0.2) is 52.5 Å². The molecule has 0 bridgehead atoms. The predicted molar refractivity (Wildman–Crippen MR) is 127 cm³/mol. The standard InChI is InChI=1S/C23H21F2N5O3S2/c24-16-7-9-17(10-8-16)35(32,33)30-13-2-5-19(30)22(31)29(15-14-28-12-3-11-26-28)23-27-21-18(25)4-1-6-20(21)34-23/h1,3-4,6-12,19H,2,5,13-15H2. The normalized spacial score (nSPS) is 16.7. The van der Waals surface area contributed by atoms with Crippen molar-refractivity contribution in [2.75, 3.05) is 18.0 Å². The Kier molecular flexibility index (Phi) is 6.34. The molecule has 1 aliphatic rings. The average Bonchev–Trinajstić information content (AvgIpc) is 3.60. The molecule has 2 aromatic heterocycles. The Morgan fingerprint density at radius 1 is 1.14 bits per heavy atom. The number of fused-ring (bicyclic) bond motifs is 1. The van der Waals surface area contributed by atoms with Crippen LogP contribution in [0.5, 0.6) is 0 Å². The topological polar surface area (TPSA) is 88.4 Å². The number of rotatable bonds is 7. The number of carbonyl (C=O) groups excluding carboxylic acids is 1. The summed E-state index contributed by atoms with van der Waals surface area (Å²) < 4.78 is 57.7. The first-order valence-corrected chi connectivity index (χ1v) is 13.2. The number of sulfonamides is 1. The Balaban J connectivity index is 1.49. The number of thiazole rings is 1. The van der Waals surface area contributed by atoms with Crippen molar-refractivity contribution >= 4 is 42.6 Å². The zero-order valence-corrected chi connectivity index (χ0v) is 20.1. The van der Waals surface area contributed by atoms with Gasteiger partial charge in [-0.05, 0) is 55.3 Å². The molecule has 3 heterocycles. The van der Waals surface area contributed by atoms with Crippen LogP contribution in [0.3, 0.4) is 0 Å². The fourth-order valence-electron chi connectivity index (χ4n) is 4.15. The third-order valence-corrected chi connectivity index (χ3v) is 8.84. The van der Waals surface area contributed by atoms with Crippen molar-refractivity contribution in [3.8, 4) is 0 Å². The largest absolute Gasteiger partial charge is 0.285 e. The summed E-state index contributed by atoms with van der Waals surface area (Å²) in [4.78, 5) is 19.5. The minimum absolute atomic E-state index is 0.0799. The highest BCUT2D eigenvalue weighted by Crippen LogP contribution is 2.33. The first-order valence-electron chi connectivity index (χ1n) is 11.0. The lowest BCUT2D eigenvalue weighted by molar-refractivity contribution is -0.121. The molecule has 0 saturated carbocycles. The molecule has 12 heteroatoms. The molecule has 4 aromatic rings. The molecule has 2 aromatic carbocycles. The van der Waals surface area contributed by atoms with Gasteiger partial charge in [0.15, 0.2) is 5.13 Å². The van der Waals surface area contributed by atoms with Gasteiger partial charge in [0.1, 0.15) is 23.2 Å². The number of hydrogen-bond donors (Lipinski definition) is 0. The summed E-state index contributed by atoms with van der Waals surface area (Å²) in [5.74, 6) is -1.49. The van der Waals surface area contributed by atoms with E-state index in [9.17, 15) is 22.0 Å². The second-order valence-electron chi connectivity index (χ2n) is 8.07. The lowest BCUT2D eigenvalue weighted by Crippen LogP contribution is -2.48. The number of halogens is 2. The first-order chi connectivity index (χ1) is 16.8. The van der Waals surface area contributed by atoms with Gasteiger partial charge < -0.3 is 0 Å². The summed E-state index contributed by atoms with van der Waals surface area (Å²) in [6, 6.07) is 9.92. The Morgan fingerprint density at radius 2 is 1.94 bits per heavy atom. The van der Waals surface area contributed by atoms with Gasteiger partial charge in [-0.2, -0.15) is 9.40 Å². The zero-order valence-electron chi connectivity index (χ0n) is 18.4. The van der Waals surface area contributed by atoms with E-state index < -0.39 is 33.6 Å². The Bertz CT molecular complexity index is 1460. The van der Waals surface area contributed by atoms with Crippen molar-refractivity contribution < 1.29 is 22.0 Å². The van der Waals surface area contributed by atoms with E-state index >= 15 is 0 Å². The Labute approximate surface area is 204 Å². The minimum Gasteiger partial charge on any atom is -0.285 e. The fraction of sp³-hybridized carbons (Fsp3) is 0.261. The van der Waals surface area contributed by atoms with E-state index in [2.05, 4.69) is 10.1 Å². The van der Waals surface area contributed by atoms with Crippen LogP contribution >= 0.6 is 11.3 Å². The summed E-state index contributed by atoms with van der Waals surface area (Å²) >= 11 is 1.17. The van der Waals surface area contributed by atoms with E-state index in [0.29, 0.717) is 24.1 Å². The summed E-state index contributed by atoms with van der Waals surface area (Å²) in [6.45, 7) is 0.676. The molecule has 0 radical (unpaired) electrons. The molecule has 1 saturated heterocycles. The molecule has 1 amide bonds. The summed E-state index contributed by atoms with van der Waals surface area (Å²) in [6.07, 6.45) is 4.20. The van der Waals surface area contributed by atoms with E-state index in [0.717, 1.165) is 16.4 Å². The maximum absolute atomic E-state index is 14.3. The molecule has 8 nitrogen and oxygen atoms in total. The van der Waals surface area contributed by atoms with Crippen LogP contribution < -0.4 is 4.90 Å². The quantitative estimate of drug-likeness (QED) is 0.373. The van der Waals surface area contributed by atoms with E-state index in [1.54, 1.807) is 35.3 Å². The highest BCUT2D eigenvalue weighted by molar-refractivity contribution is 7.89. The summed E-state index contributed by atoms with van der Waals surface area (Å²) in [5, 5.41) is 4.45. The highest BCUT2D eigenvalue weighted by atomic mass is 32.2. The monoisotopic (exact) mass is 517 g/mol. The summed E-state index contributed by atoms with van der Waals surface area (Å²) in [7, 11) is -4.03. The van der Waals surface area contributed by atoms with Crippen LogP contribution in [0.2, 0.25) is 0 Å². The van der Waals surface area contributed by atoms with Crippen LogP contribution in [0.4, 0.5) is 13.9 Å². The molecule has 0 spiro atoms. The zero-order chi connectivity index (χ0) is 24.6. The number of amides is 1. The smallest absolute Gasteiger partial charge is 0.247 e. The fourth-order valence-corrected chi connectivity index (χ4v) is 6.81. The van der Waals surface area contributed by atoms with E-state index in [1.165, 1.54) is 34.4 Å². The number of benzene rings is 2. The van der Waals surface area contributed by atoms with Gasteiger partial charge in [-0.3, -0.25) is 14.4 Å². The number of para-hydroxylation sites is 1. The van der Waals surface area contributed by atoms with Gasteiger partial charge in [0.2, 0.25) is 15.9 Å². The maximum Gasteiger partial charge on any atom is 0.247 e. The molecule has 1 aliphatic heterocycles. The number of hydrogen-bond acceptors (Lipinski definition) is 6. The van der Waals surface area contributed by atoms with Crippen LogP contribution in [0.1, 0.15) is 12.8 Å². The van der Waals surface area contributed by atoms with Gasteiger partial charge in [-0.1, -0.05) is 17.4 Å². The third-order valence-electron chi connectivity index (χ3n) is 5.88. The summed E-state index contributed by atoms with van der Waals surface area (Å²) in [5.41, 5.74) is 0.159. The van der Waals surface area contributed by atoms with Gasteiger partial charge in [0.25, 0.3) is 0 Å². The predicted octanol–water partition coefficient (Wildman–Crippen LogP) is 3.66.